The lowest BCUT2D eigenvalue weighted by Gasteiger charge is -2.27. The number of methoxy groups -OCH3 is 1. The van der Waals surface area contributed by atoms with Crippen molar-refractivity contribution in [2.24, 2.45) is 5.92 Å². The van der Waals surface area contributed by atoms with E-state index in [2.05, 4.69) is 5.32 Å². The fourth-order valence-electron chi connectivity index (χ4n) is 2.72. The van der Waals surface area contributed by atoms with E-state index in [1.165, 1.54) is 13.2 Å². The van der Waals surface area contributed by atoms with Crippen molar-refractivity contribution in [3.8, 4) is 0 Å². The fraction of sp³-hybridized carbons (Fsp3) is 0.500. The van der Waals surface area contributed by atoms with Crippen LogP contribution in [0.25, 0.3) is 0 Å². The molecule has 0 heterocycles. The minimum absolute atomic E-state index is 0.0154. The molecule has 1 aromatic rings. The average Bonchev–Trinajstić information content (AvgIpc) is 2.49. The molecule has 0 aromatic heterocycles. The Bertz CT molecular complexity index is 536. The van der Waals surface area contributed by atoms with E-state index in [-0.39, 0.29) is 23.5 Å². The molecule has 0 saturated heterocycles. The predicted octanol–water partition coefficient (Wildman–Crippen LogP) is 2.60. The molecule has 5 heteroatoms. The van der Waals surface area contributed by atoms with Crippen LogP contribution in [0.3, 0.4) is 0 Å². The first-order valence-electron chi connectivity index (χ1n) is 7.16. The van der Waals surface area contributed by atoms with Crippen molar-refractivity contribution in [2.75, 3.05) is 7.11 Å². The molecule has 0 radical (unpaired) electrons. The molecule has 0 aliphatic heterocycles. The van der Waals surface area contributed by atoms with Crippen LogP contribution in [0.4, 0.5) is 4.39 Å². The molecule has 0 bridgehead atoms. The largest absolute Gasteiger partial charge is 0.469 e. The van der Waals surface area contributed by atoms with Crippen LogP contribution >= 0.6 is 0 Å². The third-order valence-electron chi connectivity index (χ3n) is 3.96. The second kappa shape index (κ2) is 6.70. The Morgan fingerprint density at radius 2 is 1.90 bits per heavy atom. The molecule has 0 unspecified atom stereocenters. The van der Waals surface area contributed by atoms with Crippen molar-refractivity contribution >= 4 is 11.9 Å². The standard InChI is InChI=1S/C16H20FNO3/c1-10-3-8-14(17)13(9-10)15(19)18-12-6-4-11(5-7-12)16(20)21-2/h3,8-9,11-12H,4-7H2,1-2H3,(H,18,19). The van der Waals surface area contributed by atoms with Crippen LogP contribution in [-0.4, -0.2) is 25.0 Å². The molecule has 1 aliphatic rings. The van der Waals surface area contributed by atoms with Crippen molar-refractivity contribution in [1.82, 2.24) is 5.32 Å². The van der Waals surface area contributed by atoms with E-state index >= 15 is 0 Å². The molecule has 4 nitrogen and oxygen atoms in total. The van der Waals surface area contributed by atoms with Crippen LogP contribution < -0.4 is 5.32 Å². The number of nitrogens with one attached hydrogen (secondary N) is 1. The summed E-state index contributed by atoms with van der Waals surface area (Å²) >= 11 is 0. The number of amides is 1. The first-order chi connectivity index (χ1) is 10.0. The molecule has 1 amide bonds. The highest BCUT2D eigenvalue weighted by atomic mass is 19.1. The molecule has 1 saturated carbocycles. The van der Waals surface area contributed by atoms with Crippen molar-refractivity contribution in [3.05, 3.63) is 35.1 Å². The van der Waals surface area contributed by atoms with Crippen LogP contribution in [0, 0.1) is 18.7 Å². The van der Waals surface area contributed by atoms with E-state index in [4.69, 9.17) is 4.74 Å². The average molecular weight is 293 g/mol. The Morgan fingerprint density at radius 1 is 1.24 bits per heavy atom. The molecule has 114 valence electrons. The first kappa shape index (κ1) is 15.5. The van der Waals surface area contributed by atoms with E-state index in [0.717, 1.165) is 5.56 Å². The van der Waals surface area contributed by atoms with Gasteiger partial charge in [0.15, 0.2) is 0 Å². The van der Waals surface area contributed by atoms with Gasteiger partial charge in [-0.1, -0.05) is 11.6 Å². The summed E-state index contributed by atoms with van der Waals surface area (Å²) in [6.07, 6.45) is 2.79. The summed E-state index contributed by atoms with van der Waals surface area (Å²) in [6, 6.07) is 4.47. The van der Waals surface area contributed by atoms with Gasteiger partial charge in [0.1, 0.15) is 5.82 Å². The maximum absolute atomic E-state index is 13.7. The van der Waals surface area contributed by atoms with Crippen molar-refractivity contribution in [1.29, 1.82) is 0 Å². The number of hydrogen-bond donors (Lipinski definition) is 1. The van der Waals surface area contributed by atoms with E-state index in [1.54, 1.807) is 12.1 Å². The number of benzene rings is 1. The van der Waals surface area contributed by atoms with E-state index in [9.17, 15) is 14.0 Å². The van der Waals surface area contributed by atoms with Crippen LogP contribution in [-0.2, 0) is 9.53 Å². The second-order valence-corrected chi connectivity index (χ2v) is 5.53. The zero-order valence-electron chi connectivity index (χ0n) is 12.3. The van der Waals surface area contributed by atoms with E-state index < -0.39 is 11.7 Å². The van der Waals surface area contributed by atoms with Gasteiger partial charge >= 0.3 is 5.97 Å². The molecule has 21 heavy (non-hydrogen) atoms. The predicted molar refractivity (Wildman–Crippen MR) is 76.4 cm³/mol. The van der Waals surface area contributed by atoms with Crippen LogP contribution in [0.2, 0.25) is 0 Å². The number of halogens is 1. The van der Waals surface area contributed by atoms with Gasteiger partial charge in [0, 0.05) is 6.04 Å². The number of hydrogen-bond acceptors (Lipinski definition) is 3. The smallest absolute Gasteiger partial charge is 0.308 e. The third kappa shape index (κ3) is 3.80. The van der Waals surface area contributed by atoms with Gasteiger partial charge < -0.3 is 10.1 Å². The van der Waals surface area contributed by atoms with E-state index in [0.29, 0.717) is 25.7 Å². The highest BCUT2D eigenvalue weighted by Crippen LogP contribution is 2.25. The molecule has 2 rings (SSSR count). The summed E-state index contributed by atoms with van der Waals surface area (Å²) in [5.74, 6) is -1.18. The zero-order chi connectivity index (χ0) is 15.4. The summed E-state index contributed by atoms with van der Waals surface area (Å²) < 4.78 is 18.4. The summed E-state index contributed by atoms with van der Waals surface area (Å²) in [7, 11) is 1.39. The van der Waals surface area contributed by atoms with Gasteiger partial charge in [-0.25, -0.2) is 4.39 Å². The summed E-state index contributed by atoms with van der Waals surface area (Å²) in [5.41, 5.74) is 0.918. The number of ether oxygens (including phenoxy) is 1. The normalized spacial score (nSPS) is 21.7. The minimum atomic E-state index is -0.513. The maximum Gasteiger partial charge on any atom is 0.308 e. The van der Waals surface area contributed by atoms with Gasteiger partial charge in [-0.15, -0.1) is 0 Å². The molecular weight excluding hydrogens is 273 g/mol. The summed E-state index contributed by atoms with van der Waals surface area (Å²) in [4.78, 5) is 23.6. The van der Waals surface area contributed by atoms with Crippen molar-refractivity contribution in [3.63, 3.8) is 0 Å². The Hall–Kier alpha value is -1.91. The number of carbonyl (C=O) groups is 2. The Morgan fingerprint density at radius 3 is 2.52 bits per heavy atom. The quantitative estimate of drug-likeness (QED) is 0.872. The topological polar surface area (TPSA) is 55.4 Å². The lowest BCUT2D eigenvalue weighted by molar-refractivity contribution is -0.146. The molecule has 1 fully saturated rings. The zero-order valence-corrected chi connectivity index (χ0v) is 12.3. The minimum Gasteiger partial charge on any atom is -0.469 e. The summed E-state index contributed by atoms with van der Waals surface area (Å²) in [6.45, 7) is 1.82. The summed E-state index contributed by atoms with van der Waals surface area (Å²) in [5, 5.41) is 2.85. The van der Waals surface area contributed by atoms with Crippen molar-refractivity contribution < 1.29 is 18.7 Å². The van der Waals surface area contributed by atoms with Gasteiger partial charge in [-0.05, 0) is 44.7 Å². The van der Waals surface area contributed by atoms with Crippen molar-refractivity contribution in [2.45, 2.75) is 38.6 Å². The Labute approximate surface area is 123 Å². The van der Waals surface area contributed by atoms with Crippen LogP contribution in [0.1, 0.15) is 41.6 Å². The van der Waals surface area contributed by atoms with Crippen LogP contribution in [0.5, 0.6) is 0 Å². The monoisotopic (exact) mass is 293 g/mol. The highest BCUT2D eigenvalue weighted by Gasteiger charge is 2.28. The number of esters is 1. The maximum atomic E-state index is 13.7. The van der Waals surface area contributed by atoms with Crippen LogP contribution in [0.15, 0.2) is 18.2 Å². The van der Waals surface area contributed by atoms with Gasteiger partial charge in [0.2, 0.25) is 0 Å². The van der Waals surface area contributed by atoms with Gasteiger partial charge in [0.25, 0.3) is 5.91 Å². The first-order valence-corrected chi connectivity index (χ1v) is 7.16. The number of rotatable bonds is 3. The Kier molecular flexibility index (Phi) is 4.94. The fourth-order valence-corrected chi connectivity index (χ4v) is 2.72. The molecule has 1 N–H and O–H groups in total. The lowest BCUT2D eigenvalue weighted by atomic mass is 9.86. The van der Waals surface area contributed by atoms with Gasteiger partial charge in [-0.3, -0.25) is 9.59 Å². The SMILES string of the molecule is COC(=O)C1CCC(NC(=O)c2cc(C)ccc2F)CC1. The number of carbonyl (C=O) groups excluding carboxylic acids is 2. The Balaban J connectivity index is 1.93. The van der Waals surface area contributed by atoms with Gasteiger partial charge in [-0.2, -0.15) is 0 Å². The molecule has 0 atom stereocenters. The molecule has 1 aliphatic carbocycles. The highest BCUT2D eigenvalue weighted by molar-refractivity contribution is 5.94. The van der Waals surface area contributed by atoms with Gasteiger partial charge in [0.05, 0.1) is 18.6 Å². The molecular formula is C16H20FNO3. The van der Waals surface area contributed by atoms with E-state index in [1.807, 2.05) is 6.92 Å². The molecule has 1 aromatic carbocycles. The lowest BCUT2D eigenvalue weighted by Crippen LogP contribution is -2.39. The third-order valence-corrected chi connectivity index (χ3v) is 3.96. The molecule has 0 spiro atoms. The number of aryl methyl sites for hydroxylation is 1. The second-order valence-electron chi connectivity index (χ2n) is 5.53.